The van der Waals surface area contributed by atoms with E-state index in [1.807, 2.05) is 50.2 Å². The predicted octanol–water partition coefficient (Wildman–Crippen LogP) is 4.97. The molecular weight excluding hydrogens is 530 g/mol. The Morgan fingerprint density at radius 2 is 1.77 bits per heavy atom. The van der Waals surface area contributed by atoms with Crippen LogP contribution in [0.4, 0.5) is 0 Å². The van der Waals surface area contributed by atoms with Gasteiger partial charge in [-0.2, -0.15) is 0 Å². The number of ether oxygens (including phenoxy) is 2. The minimum Gasteiger partial charge on any atom is -0.480 e. The van der Waals surface area contributed by atoms with E-state index < -0.39 is 27.8 Å². The van der Waals surface area contributed by atoms with Gasteiger partial charge in [-0.1, -0.05) is 55.7 Å². The normalized spacial score (nSPS) is 15.9. The molecule has 2 aromatic rings. The minimum atomic E-state index is -3.38. The van der Waals surface area contributed by atoms with Crippen molar-refractivity contribution in [2.75, 3.05) is 25.2 Å². The van der Waals surface area contributed by atoms with Crippen molar-refractivity contribution in [3.63, 3.8) is 0 Å². The molecule has 0 aliphatic heterocycles. The van der Waals surface area contributed by atoms with Crippen molar-refractivity contribution in [3.8, 4) is 11.1 Å². The van der Waals surface area contributed by atoms with Crippen molar-refractivity contribution in [2.24, 2.45) is 0 Å². The number of carbonyl (C=O) groups is 2. The fourth-order valence-corrected chi connectivity index (χ4v) is 5.77. The zero-order valence-electron chi connectivity index (χ0n) is 23.9. The van der Waals surface area contributed by atoms with Crippen LogP contribution in [0.5, 0.6) is 0 Å². The van der Waals surface area contributed by atoms with Gasteiger partial charge in [0.05, 0.1) is 24.6 Å². The SMILES string of the molecule is CCOCC(CCc1ccc(C(=O)NC(CCS(C)(=O)=O)C(=O)O)c(-c2ccccc2C)c1)OC1CCCCC1. The summed E-state index contributed by atoms with van der Waals surface area (Å²) in [6, 6.07) is 12.0. The van der Waals surface area contributed by atoms with E-state index in [-0.39, 0.29) is 24.4 Å². The van der Waals surface area contributed by atoms with E-state index in [0.29, 0.717) is 24.3 Å². The van der Waals surface area contributed by atoms with E-state index in [4.69, 9.17) is 9.47 Å². The Bertz CT molecular complexity index is 1240. The van der Waals surface area contributed by atoms with Crippen LogP contribution in [0, 0.1) is 6.92 Å². The topological polar surface area (TPSA) is 119 Å². The minimum absolute atomic E-state index is 0.0147. The van der Waals surface area contributed by atoms with E-state index in [9.17, 15) is 23.1 Å². The fraction of sp³-hybridized carbons (Fsp3) is 0.548. The Kier molecular flexibility index (Phi) is 12.2. The lowest BCUT2D eigenvalue weighted by Crippen LogP contribution is -2.42. The predicted molar refractivity (Wildman–Crippen MR) is 156 cm³/mol. The standard InChI is InChI=1S/C31H43NO7S/c1-4-38-21-25(39-24-11-6-5-7-12-24)16-14-23-15-17-27(28(20-23)26-13-9-8-10-22(26)2)30(33)32-29(31(34)35)18-19-40(3,36)37/h8-10,13,15,17,20,24-25,29H,4-7,11-12,14,16,18-19,21H2,1-3H3,(H,32,33)(H,34,35). The number of benzene rings is 2. The molecule has 1 fully saturated rings. The molecule has 1 aliphatic rings. The van der Waals surface area contributed by atoms with Gasteiger partial charge in [-0.3, -0.25) is 4.79 Å². The van der Waals surface area contributed by atoms with E-state index >= 15 is 0 Å². The van der Waals surface area contributed by atoms with E-state index in [0.717, 1.165) is 48.6 Å². The highest BCUT2D eigenvalue weighted by molar-refractivity contribution is 7.90. The molecule has 1 amide bonds. The van der Waals surface area contributed by atoms with Crippen molar-refractivity contribution in [2.45, 2.75) is 83.5 Å². The molecule has 220 valence electrons. The molecule has 2 N–H and O–H groups in total. The average Bonchev–Trinajstić information content (AvgIpc) is 2.92. The molecule has 2 atom stereocenters. The second-order valence-electron chi connectivity index (χ2n) is 10.7. The summed E-state index contributed by atoms with van der Waals surface area (Å²) in [4.78, 5) is 25.1. The summed E-state index contributed by atoms with van der Waals surface area (Å²) in [5.74, 6) is -2.16. The summed E-state index contributed by atoms with van der Waals surface area (Å²) in [6.45, 7) is 5.12. The Labute approximate surface area is 238 Å². The number of nitrogens with one attached hydrogen (secondary N) is 1. The highest BCUT2D eigenvalue weighted by atomic mass is 32.2. The van der Waals surface area contributed by atoms with Crippen LogP contribution in [-0.2, 0) is 30.5 Å². The number of carboxylic acids is 1. The monoisotopic (exact) mass is 573 g/mol. The number of sulfone groups is 1. The summed E-state index contributed by atoms with van der Waals surface area (Å²) >= 11 is 0. The molecule has 0 aromatic heterocycles. The molecule has 0 bridgehead atoms. The lowest BCUT2D eigenvalue weighted by atomic mass is 9.92. The van der Waals surface area contributed by atoms with Gasteiger partial charge < -0.3 is 19.9 Å². The molecule has 3 rings (SSSR count). The first-order valence-electron chi connectivity index (χ1n) is 14.2. The van der Waals surface area contributed by atoms with Gasteiger partial charge in [0, 0.05) is 18.4 Å². The fourth-order valence-electron chi connectivity index (χ4n) is 5.11. The summed E-state index contributed by atoms with van der Waals surface area (Å²) in [5.41, 5.74) is 3.94. The van der Waals surface area contributed by atoms with Gasteiger partial charge in [-0.15, -0.1) is 0 Å². The van der Waals surface area contributed by atoms with E-state index in [2.05, 4.69) is 5.32 Å². The summed E-state index contributed by atoms with van der Waals surface area (Å²) in [7, 11) is -3.38. The molecule has 1 saturated carbocycles. The van der Waals surface area contributed by atoms with Crippen LogP contribution >= 0.6 is 0 Å². The quantitative estimate of drug-likeness (QED) is 0.309. The van der Waals surface area contributed by atoms with Gasteiger partial charge in [-0.25, -0.2) is 13.2 Å². The average molecular weight is 574 g/mol. The molecule has 0 spiro atoms. The molecule has 0 heterocycles. The van der Waals surface area contributed by atoms with Gasteiger partial charge in [0.25, 0.3) is 5.91 Å². The van der Waals surface area contributed by atoms with Crippen molar-refractivity contribution in [3.05, 3.63) is 59.2 Å². The molecule has 0 radical (unpaired) electrons. The Morgan fingerprint density at radius 3 is 2.42 bits per heavy atom. The number of aliphatic carboxylic acids is 1. The van der Waals surface area contributed by atoms with Crippen LogP contribution in [-0.4, -0.2) is 68.9 Å². The lowest BCUT2D eigenvalue weighted by molar-refractivity contribution is -0.139. The molecule has 2 unspecified atom stereocenters. The third kappa shape index (κ3) is 10.0. The van der Waals surface area contributed by atoms with Crippen molar-refractivity contribution in [1.82, 2.24) is 5.32 Å². The zero-order valence-corrected chi connectivity index (χ0v) is 24.7. The molecule has 40 heavy (non-hydrogen) atoms. The maximum Gasteiger partial charge on any atom is 0.326 e. The zero-order chi connectivity index (χ0) is 29.1. The van der Waals surface area contributed by atoms with Gasteiger partial charge in [-0.05, 0) is 74.3 Å². The van der Waals surface area contributed by atoms with Crippen LogP contribution in [0.3, 0.4) is 0 Å². The van der Waals surface area contributed by atoms with Crippen molar-refractivity contribution >= 4 is 21.7 Å². The van der Waals surface area contributed by atoms with E-state index in [1.165, 1.54) is 19.3 Å². The molecule has 0 saturated heterocycles. The van der Waals surface area contributed by atoms with Crippen molar-refractivity contribution in [1.29, 1.82) is 0 Å². The second kappa shape index (κ2) is 15.3. The van der Waals surface area contributed by atoms with Gasteiger partial charge in [0.1, 0.15) is 15.9 Å². The molecule has 8 nitrogen and oxygen atoms in total. The highest BCUT2D eigenvalue weighted by Crippen LogP contribution is 2.29. The summed E-state index contributed by atoms with van der Waals surface area (Å²) in [5, 5.41) is 12.1. The molecule has 1 aliphatic carbocycles. The molecule has 9 heteroatoms. The largest absolute Gasteiger partial charge is 0.480 e. The second-order valence-corrected chi connectivity index (χ2v) is 13.0. The van der Waals surface area contributed by atoms with Gasteiger partial charge in [0.2, 0.25) is 0 Å². The number of amides is 1. The van der Waals surface area contributed by atoms with Crippen LogP contribution < -0.4 is 5.32 Å². The highest BCUT2D eigenvalue weighted by Gasteiger charge is 2.25. The molecule has 2 aromatic carbocycles. The van der Waals surface area contributed by atoms with Crippen LogP contribution in [0.2, 0.25) is 0 Å². The first-order valence-corrected chi connectivity index (χ1v) is 16.3. The third-order valence-electron chi connectivity index (χ3n) is 7.34. The van der Waals surface area contributed by atoms with Gasteiger partial charge in [0.15, 0.2) is 0 Å². The smallest absolute Gasteiger partial charge is 0.326 e. The number of rotatable bonds is 15. The third-order valence-corrected chi connectivity index (χ3v) is 8.32. The summed E-state index contributed by atoms with van der Waals surface area (Å²) in [6.07, 6.45) is 8.45. The Morgan fingerprint density at radius 1 is 1.05 bits per heavy atom. The van der Waals surface area contributed by atoms with Crippen molar-refractivity contribution < 1.29 is 32.6 Å². The lowest BCUT2D eigenvalue weighted by Gasteiger charge is -2.27. The van der Waals surface area contributed by atoms with Gasteiger partial charge >= 0.3 is 5.97 Å². The van der Waals surface area contributed by atoms with Crippen LogP contribution in [0.15, 0.2) is 42.5 Å². The van der Waals surface area contributed by atoms with Crippen LogP contribution in [0.1, 0.15) is 73.4 Å². The molecular formula is C31H43NO7S. The first-order chi connectivity index (χ1) is 19.1. The number of carbonyl (C=O) groups excluding carboxylic acids is 1. The summed E-state index contributed by atoms with van der Waals surface area (Å²) < 4.78 is 35.3. The number of hydrogen-bond donors (Lipinski definition) is 2. The number of carboxylic acid groups (broad SMARTS) is 1. The van der Waals surface area contributed by atoms with E-state index in [1.54, 1.807) is 6.07 Å². The maximum absolute atomic E-state index is 13.3. The number of aryl methyl sites for hydroxylation is 2. The first kappa shape index (κ1) is 31.8. The Hall–Kier alpha value is -2.75. The maximum atomic E-state index is 13.3. The van der Waals surface area contributed by atoms with Crippen LogP contribution in [0.25, 0.3) is 11.1 Å². The number of hydrogen-bond acceptors (Lipinski definition) is 6. The Balaban J connectivity index is 1.83.